The first kappa shape index (κ1) is 14.0. The first-order valence-corrected chi connectivity index (χ1v) is 7.45. The van der Waals surface area contributed by atoms with Crippen molar-refractivity contribution >= 4 is 27.7 Å². The molecular weight excluding hydrogens is 316 g/mol. The predicted molar refractivity (Wildman–Crippen MR) is 77.6 cm³/mol. The maximum Gasteiger partial charge on any atom is 0.139 e. The zero-order chi connectivity index (χ0) is 13.5. The van der Waals surface area contributed by atoms with Gasteiger partial charge in [-0.05, 0) is 35.8 Å². The number of aliphatic hydroxyl groups excluding tert-OH is 1. The van der Waals surface area contributed by atoms with Crippen LogP contribution in [0, 0.1) is 0 Å². The molecule has 18 heavy (non-hydrogen) atoms. The molecule has 0 amide bonds. The van der Waals surface area contributed by atoms with Crippen molar-refractivity contribution in [3.8, 4) is 11.5 Å². The summed E-state index contributed by atoms with van der Waals surface area (Å²) >= 11 is 5.19. The Kier molecular flexibility index (Phi) is 3.85. The Morgan fingerprint density at radius 1 is 1.39 bits per heavy atom. The fraction of sp³-hybridized carbons (Fsp3) is 0.538. The molecule has 0 aliphatic carbocycles. The normalized spacial score (nSPS) is 21.3. The summed E-state index contributed by atoms with van der Waals surface area (Å²) in [4.78, 5) is 0. The number of halogens is 1. The van der Waals surface area contributed by atoms with Crippen LogP contribution in [0.4, 0.5) is 0 Å². The van der Waals surface area contributed by atoms with Crippen LogP contribution in [0.2, 0.25) is 0 Å². The van der Waals surface area contributed by atoms with Crippen LogP contribution in [0.15, 0.2) is 10.5 Å². The molecule has 1 unspecified atom stereocenters. The standard InChI is InChI=1S/C13H17BrO3S/c1-13(2)12(15)10-7(6-18-13)9(16-3)5-8(14)11(10)17-4/h5,12,15H,6H2,1-4H3. The van der Waals surface area contributed by atoms with Gasteiger partial charge >= 0.3 is 0 Å². The largest absolute Gasteiger partial charge is 0.496 e. The molecule has 0 radical (unpaired) electrons. The minimum atomic E-state index is -0.576. The lowest BCUT2D eigenvalue weighted by Crippen LogP contribution is -2.30. The van der Waals surface area contributed by atoms with Crippen molar-refractivity contribution in [1.29, 1.82) is 0 Å². The number of thioether (sulfide) groups is 1. The average Bonchev–Trinajstić information content (AvgIpc) is 2.33. The van der Waals surface area contributed by atoms with Crippen LogP contribution in [0.3, 0.4) is 0 Å². The van der Waals surface area contributed by atoms with E-state index in [0.29, 0.717) is 5.75 Å². The Hall–Kier alpha value is -0.390. The van der Waals surface area contributed by atoms with E-state index in [-0.39, 0.29) is 4.75 Å². The highest BCUT2D eigenvalue weighted by atomic mass is 79.9. The number of fused-ring (bicyclic) bond motifs is 1. The van der Waals surface area contributed by atoms with E-state index < -0.39 is 6.10 Å². The van der Waals surface area contributed by atoms with Gasteiger partial charge in [-0.15, -0.1) is 11.8 Å². The highest BCUT2D eigenvalue weighted by molar-refractivity contribution is 9.10. The second-order valence-corrected chi connectivity index (χ2v) is 7.26. The summed E-state index contributed by atoms with van der Waals surface area (Å²) in [6.45, 7) is 4.08. The SMILES string of the molecule is COc1cc(Br)c(OC)c2c1CSC(C)(C)C2O. The van der Waals surface area contributed by atoms with E-state index in [1.54, 1.807) is 26.0 Å². The Morgan fingerprint density at radius 3 is 2.61 bits per heavy atom. The number of hydrogen-bond acceptors (Lipinski definition) is 4. The Morgan fingerprint density at radius 2 is 2.06 bits per heavy atom. The van der Waals surface area contributed by atoms with Crippen molar-refractivity contribution in [2.45, 2.75) is 30.5 Å². The van der Waals surface area contributed by atoms with Crippen molar-refractivity contribution in [2.24, 2.45) is 0 Å². The van der Waals surface area contributed by atoms with Gasteiger partial charge < -0.3 is 14.6 Å². The molecule has 1 aliphatic heterocycles. The summed E-state index contributed by atoms with van der Waals surface area (Å²) < 4.78 is 11.4. The van der Waals surface area contributed by atoms with Gasteiger partial charge in [0.05, 0.1) is 24.8 Å². The lowest BCUT2D eigenvalue weighted by Gasteiger charge is -2.37. The fourth-order valence-electron chi connectivity index (χ4n) is 2.18. The Labute approximate surface area is 120 Å². The van der Waals surface area contributed by atoms with Crippen molar-refractivity contribution in [3.63, 3.8) is 0 Å². The molecule has 1 aliphatic rings. The second kappa shape index (κ2) is 4.94. The number of aliphatic hydroxyl groups is 1. The lowest BCUT2D eigenvalue weighted by atomic mass is 9.92. The summed E-state index contributed by atoms with van der Waals surface area (Å²) in [6, 6.07) is 1.89. The molecule has 3 nitrogen and oxygen atoms in total. The number of hydrogen-bond donors (Lipinski definition) is 1. The molecule has 2 rings (SSSR count). The summed E-state index contributed by atoms with van der Waals surface area (Å²) in [5.74, 6) is 2.30. The first-order chi connectivity index (χ1) is 8.42. The number of benzene rings is 1. The third-order valence-corrected chi connectivity index (χ3v) is 5.28. The summed E-state index contributed by atoms with van der Waals surface area (Å²) in [5, 5.41) is 10.6. The van der Waals surface area contributed by atoms with E-state index >= 15 is 0 Å². The third kappa shape index (κ3) is 2.12. The first-order valence-electron chi connectivity index (χ1n) is 5.67. The van der Waals surface area contributed by atoms with Gasteiger partial charge in [-0.1, -0.05) is 0 Å². The van der Waals surface area contributed by atoms with E-state index in [1.165, 1.54) is 0 Å². The quantitative estimate of drug-likeness (QED) is 0.899. The highest BCUT2D eigenvalue weighted by Crippen LogP contribution is 2.52. The molecular formula is C13H17BrO3S. The zero-order valence-electron chi connectivity index (χ0n) is 10.9. The number of methoxy groups -OCH3 is 2. The molecule has 5 heteroatoms. The fourth-order valence-corrected chi connectivity index (χ4v) is 3.85. The summed E-state index contributed by atoms with van der Waals surface area (Å²) in [6.07, 6.45) is -0.576. The highest BCUT2D eigenvalue weighted by Gasteiger charge is 2.39. The van der Waals surface area contributed by atoms with Crippen molar-refractivity contribution in [1.82, 2.24) is 0 Å². The number of rotatable bonds is 2. The van der Waals surface area contributed by atoms with E-state index in [2.05, 4.69) is 15.9 Å². The lowest BCUT2D eigenvalue weighted by molar-refractivity contribution is 0.137. The molecule has 1 atom stereocenters. The van der Waals surface area contributed by atoms with E-state index in [1.807, 2.05) is 19.9 Å². The summed E-state index contributed by atoms with van der Waals surface area (Å²) in [5.41, 5.74) is 1.86. The predicted octanol–water partition coefficient (Wildman–Crippen LogP) is 3.53. The summed E-state index contributed by atoms with van der Waals surface area (Å²) in [7, 11) is 3.26. The molecule has 100 valence electrons. The van der Waals surface area contributed by atoms with E-state index in [0.717, 1.165) is 27.1 Å². The van der Waals surface area contributed by atoms with Crippen LogP contribution in [-0.4, -0.2) is 24.1 Å². The minimum Gasteiger partial charge on any atom is -0.496 e. The van der Waals surface area contributed by atoms with E-state index in [4.69, 9.17) is 9.47 Å². The second-order valence-electron chi connectivity index (χ2n) is 4.78. The smallest absolute Gasteiger partial charge is 0.139 e. The van der Waals surface area contributed by atoms with Crippen LogP contribution in [0.25, 0.3) is 0 Å². The van der Waals surface area contributed by atoms with Crippen LogP contribution >= 0.6 is 27.7 Å². The Bertz CT molecular complexity index is 474. The molecule has 0 spiro atoms. The van der Waals surface area contributed by atoms with Gasteiger partial charge in [-0.3, -0.25) is 0 Å². The van der Waals surface area contributed by atoms with Crippen molar-refractivity contribution < 1.29 is 14.6 Å². The molecule has 1 heterocycles. The molecule has 0 aromatic heterocycles. The van der Waals surface area contributed by atoms with E-state index in [9.17, 15) is 5.11 Å². The van der Waals surface area contributed by atoms with Crippen LogP contribution in [0.1, 0.15) is 31.1 Å². The maximum absolute atomic E-state index is 10.6. The molecule has 1 aromatic carbocycles. The van der Waals surface area contributed by atoms with Gasteiger partial charge in [-0.2, -0.15) is 0 Å². The molecule has 0 saturated heterocycles. The van der Waals surface area contributed by atoms with Gasteiger partial charge in [0.2, 0.25) is 0 Å². The zero-order valence-corrected chi connectivity index (χ0v) is 13.3. The topological polar surface area (TPSA) is 38.7 Å². The van der Waals surface area contributed by atoms with Crippen LogP contribution < -0.4 is 9.47 Å². The van der Waals surface area contributed by atoms with Crippen LogP contribution in [0.5, 0.6) is 11.5 Å². The third-order valence-electron chi connectivity index (χ3n) is 3.29. The average molecular weight is 333 g/mol. The monoisotopic (exact) mass is 332 g/mol. The molecule has 0 bridgehead atoms. The van der Waals surface area contributed by atoms with Crippen LogP contribution in [-0.2, 0) is 5.75 Å². The molecule has 1 N–H and O–H groups in total. The van der Waals surface area contributed by atoms with Gasteiger partial charge in [0.1, 0.15) is 11.5 Å². The Balaban J connectivity index is 2.69. The van der Waals surface area contributed by atoms with Crippen molar-refractivity contribution in [2.75, 3.05) is 14.2 Å². The number of ether oxygens (including phenoxy) is 2. The van der Waals surface area contributed by atoms with Gasteiger partial charge in [0.25, 0.3) is 0 Å². The van der Waals surface area contributed by atoms with Gasteiger partial charge in [-0.25, -0.2) is 0 Å². The minimum absolute atomic E-state index is 0.230. The van der Waals surface area contributed by atoms with Gasteiger partial charge in [0.15, 0.2) is 0 Å². The van der Waals surface area contributed by atoms with Crippen molar-refractivity contribution in [3.05, 3.63) is 21.7 Å². The molecule has 0 fully saturated rings. The van der Waals surface area contributed by atoms with Gasteiger partial charge in [0, 0.05) is 21.6 Å². The maximum atomic E-state index is 10.6. The molecule has 0 saturated carbocycles. The molecule has 1 aromatic rings.